The molecule has 0 amide bonds. The van der Waals surface area contributed by atoms with Crippen molar-refractivity contribution in [2.45, 2.75) is 59.2 Å². The van der Waals surface area contributed by atoms with Gasteiger partial charge in [-0.05, 0) is 45.1 Å². The van der Waals surface area contributed by atoms with Gasteiger partial charge < -0.3 is 15.4 Å². The summed E-state index contributed by atoms with van der Waals surface area (Å²) >= 11 is 0. The molecule has 1 aliphatic heterocycles. The van der Waals surface area contributed by atoms with Crippen LogP contribution in [0.3, 0.4) is 0 Å². The van der Waals surface area contributed by atoms with E-state index in [2.05, 4.69) is 55.4 Å². The predicted molar refractivity (Wildman–Crippen MR) is 130 cm³/mol. The van der Waals surface area contributed by atoms with E-state index in [1.807, 2.05) is 18.2 Å². The number of nitrogens with zero attached hydrogens (tertiary/aromatic N) is 2. The first-order valence-electron chi connectivity index (χ1n) is 10.5. The number of hydrogen-bond donors (Lipinski definition) is 2. The maximum Gasteiger partial charge on any atom is 0.191 e. The normalized spacial score (nSPS) is 20.2. The lowest BCUT2D eigenvalue weighted by atomic mass is 10.1. The molecule has 1 aromatic carbocycles. The third kappa shape index (κ3) is 9.09. The van der Waals surface area contributed by atoms with Crippen molar-refractivity contribution in [1.29, 1.82) is 0 Å². The molecule has 28 heavy (non-hydrogen) atoms. The summed E-state index contributed by atoms with van der Waals surface area (Å²) in [5, 5.41) is 7.03. The standard InChI is InChI=1S/C22H38N4O.HI/c1-5-23-22(25-21-16-26(18(2)3)15-19(21)4)24-13-9-10-14-27-17-20-11-7-6-8-12-20;/h6-8,11-12,18-19,21H,5,9-10,13-17H2,1-4H3,(H2,23,24,25);1H. The van der Waals surface area contributed by atoms with Crippen LogP contribution in [0.2, 0.25) is 0 Å². The molecule has 2 atom stereocenters. The maximum atomic E-state index is 5.74. The van der Waals surface area contributed by atoms with Crippen molar-refractivity contribution >= 4 is 29.9 Å². The Kier molecular flexibility index (Phi) is 12.7. The largest absolute Gasteiger partial charge is 0.377 e. The Morgan fingerprint density at radius 1 is 1.21 bits per heavy atom. The Bertz CT molecular complexity index is 553. The predicted octanol–water partition coefficient (Wildman–Crippen LogP) is 3.89. The van der Waals surface area contributed by atoms with Gasteiger partial charge in [-0.15, -0.1) is 24.0 Å². The molecule has 1 fully saturated rings. The minimum Gasteiger partial charge on any atom is -0.377 e. The molecule has 0 aliphatic carbocycles. The molecule has 2 N–H and O–H groups in total. The summed E-state index contributed by atoms with van der Waals surface area (Å²) in [6, 6.07) is 11.4. The molecule has 1 heterocycles. The number of ether oxygens (including phenoxy) is 1. The van der Waals surface area contributed by atoms with Crippen molar-refractivity contribution in [2.24, 2.45) is 10.9 Å². The molecule has 5 nitrogen and oxygen atoms in total. The molecule has 0 radical (unpaired) electrons. The molecule has 160 valence electrons. The van der Waals surface area contributed by atoms with Crippen molar-refractivity contribution in [1.82, 2.24) is 15.5 Å². The van der Waals surface area contributed by atoms with Gasteiger partial charge in [-0.2, -0.15) is 0 Å². The fourth-order valence-corrected chi connectivity index (χ4v) is 3.38. The fourth-order valence-electron chi connectivity index (χ4n) is 3.38. The first kappa shape index (κ1) is 25.2. The number of guanidine groups is 1. The lowest BCUT2D eigenvalue weighted by molar-refractivity contribution is 0.117. The number of likely N-dealkylation sites (tertiary alicyclic amines) is 1. The van der Waals surface area contributed by atoms with Gasteiger partial charge in [-0.1, -0.05) is 37.3 Å². The lowest BCUT2D eigenvalue weighted by Gasteiger charge is -2.21. The SMILES string of the molecule is CCNC(=NCCCCOCc1ccccc1)NC1CN(C(C)C)CC1C.I. The zero-order valence-corrected chi connectivity index (χ0v) is 20.3. The average molecular weight is 502 g/mol. The maximum absolute atomic E-state index is 5.74. The highest BCUT2D eigenvalue weighted by Crippen LogP contribution is 2.18. The van der Waals surface area contributed by atoms with Gasteiger partial charge in [0.05, 0.1) is 6.61 Å². The van der Waals surface area contributed by atoms with E-state index in [0.717, 1.165) is 51.6 Å². The first-order valence-corrected chi connectivity index (χ1v) is 10.5. The third-order valence-corrected chi connectivity index (χ3v) is 5.12. The molecule has 1 saturated heterocycles. The molecule has 6 heteroatoms. The van der Waals surface area contributed by atoms with Crippen LogP contribution >= 0.6 is 24.0 Å². The molecule has 2 rings (SSSR count). The third-order valence-electron chi connectivity index (χ3n) is 5.12. The number of unbranched alkanes of at least 4 members (excludes halogenated alkanes) is 1. The van der Waals surface area contributed by atoms with E-state index in [-0.39, 0.29) is 24.0 Å². The number of nitrogens with one attached hydrogen (secondary N) is 2. The van der Waals surface area contributed by atoms with E-state index in [0.29, 0.717) is 24.6 Å². The Labute approximate surface area is 188 Å². The minimum atomic E-state index is 0. The average Bonchev–Trinajstić information content (AvgIpc) is 3.03. The molecule has 0 aromatic heterocycles. The van der Waals surface area contributed by atoms with Gasteiger partial charge in [-0.25, -0.2) is 0 Å². The highest BCUT2D eigenvalue weighted by atomic mass is 127. The topological polar surface area (TPSA) is 48.9 Å². The highest BCUT2D eigenvalue weighted by molar-refractivity contribution is 14.0. The molecule has 0 bridgehead atoms. The van der Waals surface area contributed by atoms with Crippen LogP contribution in [0.4, 0.5) is 0 Å². The second kappa shape index (κ2) is 14.2. The number of benzene rings is 1. The van der Waals surface area contributed by atoms with Crippen LogP contribution in [0.15, 0.2) is 35.3 Å². The lowest BCUT2D eigenvalue weighted by Crippen LogP contribution is -2.46. The van der Waals surface area contributed by atoms with Crippen molar-refractivity contribution in [3.05, 3.63) is 35.9 Å². The molecule has 0 spiro atoms. The van der Waals surface area contributed by atoms with Crippen molar-refractivity contribution in [3.63, 3.8) is 0 Å². The Morgan fingerprint density at radius 3 is 2.61 bits per heavy atom. The second-order valence-corrected chi connectivity index (χ2v) is 7.78. The van der Waals surface area contributed by atoms with Crippen LogP contribution in [-0.4, -0.2) is 55.7 Å². The highest BCUT2D eigenvalue weighted by Gasteiger charge is 2.31. The van der Waals surface area contributed by atoms with Gasteiger partial charge >= 0.3 is 0 Å². The van der Waals surface area contributed by atoms with Gasteiger partial charge in [-0.3, -0.25) is 9.89 Å². The number of aliphatic imine (C=N–C) groups is 1. The molecule has 0 saturated carbocycles. The van der Waals surface area contributed by atoms with Crippen LogP contribution in [-0.2, 0) is 11.3 Å². The van der Waals surface area contributed by atoms with E-state index in [1.54, 1.807) is 0 Å². The van der Waals surface area contributed by atoms with E-state index < -0.39 is 0 Å². The number of halogens is 1. The summed E-state index contributed by atoms with van der Waals surface area (Å²) in [4.78, 5) is 7.30. The first-order chi connectivity index (χ1) is 13.1. The van der Waals surface area contributed by atoms with Crippen LogP contribution in [0, 0.1) is 5.92 Å². The van der Waals surface area contributed by atoms with Gasteiger partial charge in [0, 0.05) is 44.9 Å². The van der Waals surface area contributed by atoms with E-state index in [1.165, 1.54) is 5.56 Å². The van der Waals surface area contributed by atoms with Gasteiger partial charge in [0.1, 0.15) is 0 Å². The van der Waals surface area contributed by atoms with Gasteiger partial charge in [0.15, 0.2) is 5.96 Å². The monoisotopic (exact) mass is 502 g/mol. The molecule has 1 aromatic rings. The summed E-state index contributed by atoms with van der Waals surface area (Å²) in [5.74, 6) is 1.59. The van der Waals surface area contributed by atoms with E-state index in [4.69, 9.17) is 9.73 Å². The minimum absolute atomic E-state index is 0. The van der Waals surface area contributed by atoms with Crippen LogP contribution in [0.1, 0.15) is 46.1 Å². The molecule has 2 unspecified atom stereocenters. The zero-order valence-electron chi connectivity index (χ0n) is 18.0. The summed E-state index contributed by atoms with van der Waals surface area (Å²) in [7, 11) is 0. The van der Waals surface area contributed by atoms with Crippen LogP contribution < -0.4 is 10.6 Å². The number of rotatable bonds is 10. The van der Waals surface area contributed by atoms with Crippen molar-refractivity contribution in [3.8, 4) is 0 Å². The van der Waals surface area contributed by atoms with Crippen molar-refractivity contribution in [2.75, 3.05) is 32.8 Å². The Balaban J connectivity index is 0.00000392. The summed E-state index contributed by atoms with van der Waals surface area (Å²) in [5.41, 5.74) is 1.23. The molecule has 1 aliphatic rings. The van der Waals surface area contributed by atoms with Gasteiger partial charge in [0.25, 0.3) is 0 Å². The summed E-state index contributed by atoms with van der Waals surface area (Å²) in [6.07, 6.45) is 2.08. The summed E-state index contributed by atoms with van der Waals surface area (Å²) < 4.78 is 5.74. The fraction of sp³-hybridized carbons (Fsp3) is 0.682. The quantitative estimate of drug-likeness (QED) is 0.221. The van der Waals surface area contributed by atoms with Crippen molar-refractivity contribution < 1.29 is 4.74 Å². The Hall–Kier alpha value is -0.860. The second-order valence-electron chi connectivity index (χ2n) is 7.78. The molecular formula is C22H39IN4O. The smallest absolute Gasteiger partial charge is 0.191 e. The summed E-state index contributed by atoms with van der Waals surface area (Å²) in [6.45, 7) is 14.4. The van der Waals surface area contributed by atoms with Crippen LogP contribution in [0.25, 0.3) is 0 Å². The van der Waals surface area contributed by atoms with Crippen LogP contribution in [0.5, 0.6) is 0 Å². The molecular weight excluding hydrogens is 463 g/mol. The van der Waals surface area contributed by atoms with E-state index >= 15 is 0 Å². The van der Waals surface area contributed by atoms with Gasteiger partial charge in [0.2, 0.25) is 0 Å². The zero-order chi connectivity index (χ0) is 19.5. The Morgan fingerprint density at radius 2 is 1.96 bits per heavy atom. The van der Waals surface area contributed by atoms with E-state index in [9.17, 15) is 0 Å². The number of hydrogen-bond acceptors (Lipinski definition) is 3.